The number of hydrogen-bond donors (Lipinski definition) is 3. The molecule has 1 unspecified atom stereocenters. The lowest BCUT2D eigenvalue weighted by molar-refractivity contribution is -0.115. The van der Waals surface area contributed by atoms with Crippen LogP contribution in [0.15, 0.2) is 124 Å². The molecule has 0 saturated heterocycles. The highest BCUT2D eigenvalue weighted by Gasteiger charge is 2.32. The first kappa shape index (κ1) is 31.4. The minimum Gasteiger partial charge on any atom is -0.324 e. The van der Waals surface area contributed by atoms with Crippen LogP contribution in [0.1, 0.15) is 54.7 Å². The van der Waals surface area contributed by atoms with E-state index in [-0.39, 0.29) is 40.0 Å². The predicted octanol–water partition coefficient (Wildman–Crippen LogP) is 7.05. The molecule has 4 aromatic carbocycles. The average Bonchev–Trinajstić information content (AvgIpc) is 3.60. The zero-order valence-electron chi connectivity index (χ0n) is 25.0. The Bertz CT molecular complexity index is 2060. The first-order valence-electron chi connectivity index (χ1n) is 14.6. The third kappa shape index (κ3) is 6.99. The van der Waals surface area contributed by atoms with Crippen molar-refractivity contribution < 1.29 is 24.0 Å². The highest BCUT2D eigenvalue weighted by atomic mass is 32.2. The molecule has 0 fully saturated rings. The van der Waals surface area contributed by atoms with Gasteiger partial charge in [0.2, 0.25) is 5.91 Å². The maximum Gasteiger partial charge on any atom is 0.272 e. The molecule has 232 valence electrons. The monoisotopic (exact) mass is 657 g/mol. The zero-order valence-corrected chi connectivity index (χ0v) is 26.6. The van der Waals surface area contributed by atoms with E-state index < -0.39 is 17.1 Å². The van der Waals surface area contributed by atoms with Crippen molar-refractivity contribution in [2.24, 2.45) is 0 Å². The Morgan fingerprint density at radius 2 is 1.47 bits per heavy atom. The number of thioether (sulfide) groups is 1. The fourth-order valence-corrected chi connectivity index (χ4v) is 6.60. The van der Waals surface area contributed by atoms with Gasteiger partial charge in [-0.2, -0.15) is 11.3 Å². The smallest absolute Gasteiger partial charge is 0.272 e. The van der Waals surface area contributed by atoms with Crippen LogP contribution in [0.5, 0.6) is 0 Å². The molecule has 1 heterocycles. The summed E-state index contributed by atoms with van der Waals surface area (Å²) in [5.74, 6) is -1.87. The van der Waals surface area contributed by atoms with Gasteiger partial charge < -0.3 is 16.0 Å². The highest BCUT2D eigenvalue weighted by Crippen LogP contribution is 2.33. The number of thiophene rings is 1. The Kier molecular flexibility index (Phi) is 9.23. The van der Waals surface area contributed by atoms with E-state index in [4.69, 9.17) is 0 Å². The van der Waals surface area contributed by atoms with E-state index in [1.54, 1.807) is 104 Å². The maximum atomic E-state index is 13.4. The van der Waals surface area contributed by atoms with Crippen molar-refractivity contribution in [1.29, 1.82) is 0 Å². The SMILES string of the molecule is CC(Sc1cccc(NC(=O)/C(=C\c2ccsc2)NC(=O)c2ccccc2)c1)C(=O)Nc1cccc2c1C(=O)c1ccccc1C2=O. The van der Waals surface area contributed by atoms with Crippen LogP contribution in [0.25, 0.3) is 6.08 Å². The third-order valence-corrected chi connectivity index (χ3v) is 9.16. The fourth-order valence-electron chi connectivity index (χ4n) is 5.05. The molecule has 0 saturated carbocycles. The molecule has 1 aromatic heterocycles. The molecule has 5 aromatic rings. The van der Waals surface area contributed by atoms with Gasteiger partial charge in [-0.25, -0.2) is 0 Å². The lowest BCUT2D eigenvalue weighted by Crippen LogP contribution is -2.30. The molecule has 0 bridgehead atoms. The molecular formula is C37H27N3O5S2. The summed E-state index contributed by atoms with van der Waals surface area (Å²) in [4.78, 5) is 66.7. The van der Waals surface area contributed by atoms with Crippen molar-refractivity contribution in [3.05, 3.63) is 153 Å². The third-order valence-electron chi connectivity index (χ3n) is 7.37. The van der Waals surface area contributed by atoms with E-state index in [2.05, 4.69) is 16.0 Å². The lowest BCUT2D eigenvalue weighted by atomic mass is 9.83. The van der Waals surface area contributed by atoms with Crippen LogP contribution < -0.4 is 16.0 Å². The van der Waals surface area contributed by atoms with Gasteiger partial charge in [0, 0.05) is 32.8 Å². The normalized spacial score (nSPS) is 12.8. The first-order chi connectivity index (χ1) is 22.8. The highest BCUT2D eigenvalue weighted by molar-refractivity contribution is 8.00. The van der Waals surface area contributed by atoms with Crippen molar-refractivity contribution in [2.75, 3.05) is 10.6 Å². The number of carbonyl (C=O) groups is 5. The minimum atomic E-state index is -0.599. The van der Waals surface area contributed by atoms with Gasteiger partial charge in [0.1, 0.15) is 5.70 Å². The van der Waals surface area contributed by atoms with Crippen molar-refractivity contribution in [1.82, 2.24) is 5.32 Å². The Balaban J connectivity index is 1.15. The second-order valence-corrected chi connectivity index (χ2v) is 12.8. The number of amides is 3. The molecule has 1 atom stereocenters. The topological polar surface area (TPSA) is 121 Å². The molecule has 0 spiro atoms. The molecule has 10 heteroatoms. The molecular weight excluding hydrogens is 631 g/mol. The van der Waals surface area contributed by atoms with E-state index in [1.807, 2.05) is 22.9 Å². The number of anilines is 2. The summed E-state index contributed by atoms with van der Waals surface area (Å²) in [6.07, 6.45) is 1.61. The first-order valence-corrected chi connectivity index (χ1v) is 16.4. The van der Waals surface area contributed by atoms with Gasteiger partial charge in [-0.05, 0) is 71.8 Å². The Morgan fingerprint density at radius 1 is 0.766 bits per heavy atom. The summed E-state index contributed by atoms with van der Waals surface area (Å²) in [5.41, 5.74) is 3.09. The second kappa shape index (κ2) is 13.8. The van der Waals surface area contributed by atoms with Crippen LogP contribution in [0.4, 0.5) is 11.4 Å². The molecule has 8 nitrogen and oxygen atoms in total. The number of hydrogen-bond acceptors (Lipinski definition) is 7. The molecule has 3 N–H and O–H groups in total. The summed E-state index contributed by atoms with van der Waals surface area (Å²) >= 11 is 2.73. The molecule has 1 aliphatic rings. The van der Waals surface area contributed by atoms with Crippen LogP contribution in [0.2, 0.25) is 0 Å². The van der Waals surface area contributed by atoms with E-state index in [9.17, 15) is 24.0 Å². The number of benzene rings is 4. The zero-order chi connectivity index (χ0) is 32.9. The summed E-state index contributed by atoms with van der Waals surface area (Å²) < 4.78 is 0. The van der Waals surface area contributed by atoms with E-state index in [0.29, 0.717) is 27.3 Å². The number of ketones is 2. The van der Waals surface area contributed by atoms with E-state index in [0.717, 1.165) is 5.56 Å². The Labute approximate surface area is 278 Å². The molecule has 47 heavy (non-hydrogen) atoms. The van der Waals surface area contributed by atoms with Crippen molar-refractivity contribution >= 4 is 69.8 Å². The van der Waals surface area contributed by atoms with Gasteiger partial charge in [-0.15, -0.1) is 11.8 Å². The van der Waals surface area contributed by atoms with Crippen LogP contribution in [0.3, 0.4) is 0 Å². The van der Waals surface area contributed by atoms with E-state index in [1.165, 1.54) is 23.1 Å². The average molecular weight is 658 g/mol. The van der Waals surface area contributed by atoms with E-state index >= 15 is 0 Å². The number of rotatable bonds is 9. The van der Waals surface area contributed by atoms with Gasteiger partial charge in [-0.3, -0.25) is 24.0 Å². The van der Waals surface area contributed by atoms with Crippen LogP contribution in [0, 0.1) is 0 Å². The quantitative estimate of drug-likeness (QED) is 0.113. The van der Waals surface area contributed by atoms with Gasteiger partial charge in [0.15, 0.2) is 11.6 Å². The van der Waals surface area contributed by atoms with Crippen LogP contribution in [-0.2, 0) is 9.59 Å². The van der Waals surface area contributed by atoms with Gasteiger partial charge >= 0.3 is 0 Å². The van der Waals surface area contributed by atoms with Gasteiger partial charge in [0.25, 0.3) is 11.8 Å². The Morgan fingerprint density at radius 3 is 2.21 bits per heavy atom. The predicted molar refractivity (Wildman–Crippen MR) is 185 cm³/mol. The maximum absolute atomic E-state index is 13.4. The molecule has 0 aliphatic heterocycles. The molecule has 0 radical (unpaired) electrons. The Hall–Kier alpha value is -5.58. The van der Waals surface area contributed by atoms with Gasteiger partial charge in [0.05, 0.1) is 16.5 Å². The summed E-state index contributed by atoms with van der Waals surface area (Å²) in [6, 6.07) is 29.0. The largest absolute Gasteiger partial charge is 0.324 e. The van der Waals surface area contributed by atoms with Crippen LogP contribution >= 0.6 is 23.1 Å². The van der Waals surface area contributed by atoms with Gasteiger partial charge in [-0.1, -0.05) is 60.7 Å². The van der Waals surface area contributed by atoms with Crippen LogP contribution in [-0.4, -0.2) is 34.5 Å². The second-order valence-electron chi connectivity index (χ2n) is 10.6. The fraction of sp³-hybridized carbons (Fsp3) is 0.0541. The number of fused-ring (bicyclic) bond motifs is 2. The molecule has 6 rings (SSSR count). The summed E-state index contributed by atoms with van der Waals surface area (Å²) in [5, 5.41) is 11.5. The molecule has 3 amide bonds. The van der Waals surface area contributed by atoms with Crippen molar-refractivity contribution in [3.63, 3.8) is 0 Å². The van der Waals surface area contributed by atoms with Crippen molar-refractivity contribution in [3.8, 4) is 0 Å². The summed E-state index contributed by atoms with van der Waals surface area (Å²) in [6.45, 7) is 1.73. The minimum absolute atomic E-state index is 0.0740. The van der Waals surface area contributed by atoms with Crippen molar-refractivity contribution in [2.45, 2.75) is 17.1 Å². The number of carbonyl (C=O) groups excluding carboxylic acids is 5. The standard InChI is InChI=1S/C37H27N3O5S2/c1-22(35(43)39-30-16-8-15-29-32(30)34(42)28-14-6-5-13-27(28)33(29)41)47-26-12-7-11-25(20-26)38-37(45)31(19-23-17-18-46-21-23)40-36(44)24-9-3-2-4-10-24/h2-22H,1H3,(H,38,45)(H,39,43)(H,40,44)/b31-19+. The lowest BCUT2D eigenvalue weighted by Gasteiger charge is -2.21. The summed E-state index contributed by atoms with van der Waals surface area (Å²) in [7, 11) is 0. The number of nitrogens with one attached hydrogen (secondary N) is 3. The molecule has 1 aliphatic carbocycles.